The van der Waals surface area contributed by atoms with Crippen LogP contribution in [0.1, 0.15) is 5.56 Å². The van der Waals surface area contributed by atoms with Gasteiger partial charge in [-0.1, -0.05) is 78.9 Å². The molecule has 0 bridgehead atoms. The lowest BCUT2D eigenvalue weighted by Gasteiger charge is -2.30. The molecule has 0 amide bonds. The average Bonchev–Trinajstić information content (AvgIpc) is 2.67. The van der Waals surface area contributed by atoms with Crippen LogP contribution in [0.15, 0.2) is 84.9 Å². The lowest BCUT2D eigenvalue weighted by molar-refractivity contribution is 0.629. The first-order chi connectivity index (χ1) is 12.3. The summed E-state index contributed by atoms with van der Waals surface area (Å²) in [7, 11) is -0.890. The number of hydrogen-bond donors (Lipinski definition) is 0. The molecule has 1 atom stereocenters. The summed E-state index contributed by atoms with van der Waals surface area (Å²) in [5.41, 5.74) is 3.77. The average molecular weight is 340 g/mol. The highest BCUT2D eigenvalue weighted by molar-refractivity contribution is 7.70. The van der Waals surface area contributed by atoms with E-state index in [4.69, 9.17) is 4.52 Å². The minimum absolute atomic E-state index is 0.890. The molecule has 4 aromatic carbocycles. The van der Waals surface area contributed by atoms with Crippen molar-refractivity contribution in [1.29, 1.82) is 0 Å². The fraction of sp³-hybridized carbons (Fsp3) is 0.0435. The zero-order valence-corrected chi connectivity index (χ0v) is 14.8. The molecule has 0 saturated carbocycles. The molecule has 1 aliphatic heterocycles. The van der Waals surface area contributed by atoms with E-state index in [1.165, 1.54) is 38.1 Å². The first-order valence-electron chi connectivity index (χ1n) is 8.48. The second kappa shape index (κ2) is 5.72. The van der Waals surface area contributed by atoms with Crippen molar-refractivity contribution in [2.24, 2.45) is 0 Å². The molecule has 25 heavy (non-hydrogen) atoms. The van der Waals surface area contributed by atoms with Gasteiger partial charge in [0.25, 0.3) is 0 Å². The van der Waals surface area contributed by atoms with Gasteiger partial charge in [0.15, 0.2) is 8.15 Å². The van der Waals surface area contributed by atoms with Crippen LogP contribution in [-0.4, -0.2) is 0 Å². The van der Waals surface area contributed by atoms with E-state index in [1.54, 1.807) is 0 Å². The second-order valence-corrected chi connectivity index (χ2v) is 8.05. The van der Waals surface area contributed by atoms with Crippen LogP contribution in [0.2, 0.25) is 0 Å². The van der Waals surface area contributed by atoms with Gasteiger partial charge in [-0.3, -0.25) is 0 Å². The van der Waals surface area contributed by atoms with Gasteiger partial charge in [-0.05, 0) is 34.9 Å². The third-order valence-corrected chi connectivity index (χ3v) is 7.00. The number of fused-ring (bicyclic) bond motifs is 4. The highest BCUT2D eigenvalue weighted by Gasteiger charge is 2.29. The number of para-hydroxylation sites is 1. The number of aryl methyl sites for hydroxylation is 1. The van der Waals surface area contributed by atoms with Crippen molar-refractivity contribution in [3.05, 3.63) is 90.5 Å². The van der Waals surface area contributed by atoms with E-state index in [0.717, 1.165) is 5.75 Å². The molecular formula is C23H17OP. The van der Waals surface area contributed by atoms with E-state index in [-0.39, 0.29) is 0 Å². The summed E-state index contributed by atoms with van der Waals surface area (Å²) in [4.78, 5) is 0. The Labute approximate surface area is 148 Å². The summed E-state index contributed by atoms with van der Waals surface area (Å²) in [6.07, 6.45) is 0. The minimum atomic E-state index is -0.890. The van der Waals surface area contributed by atoms with Crippen LogP contribution in [0.3, 0.4) is 0 Å². The standard InChI is InChI=1S/C23H17OP/c1-16-14-15-17-8-2-3-9-18(17)23(16)25-22-13-7-5-11-20(22)19-10-4-6-12-21(19)24-25/h2-15H,1H3. The summed E-state index contributed by atoms with van der Waals surface area (Å²) >= 11 is 0. The van der Waals surface area contributed by atoms with Crippen molar-refractivity contribution in [2.45, 2.75) is 6.92 Å². The Morgan fingerprint density at radius 2 is 1.40 bits per heavy atom. The van der Waals surface area contributed by atoms with Crippen molar-refractivity contribution in [1.82, 2.24) is 0 Å². The van der Waals surface area contributed by atoms with Gasteiger partial charge in [0.2, 0.25) is 0 Å². The smallest absolute Gasteiger partial charge is 0.152 e. The monoisotopic (exact) mass is 340 g/mol. The zero-order chi connectivity index (χ0) is 16.8. The van der Waals surface area contributed by atoms with Crippen LogP contribution in [0.5, 0.6) is 5.75 Å². The molecule has 0 radical (unpaired) electrons. The predicted octanol–water partition coefficient (Wildman–Crippen LogP) is 5.56. The molecule has 0 aliphatic carbocycles. The number of benzene rings is 4. The maximum absolute atomic E-state index is 6.60. The summed E-state index contributed by atoms with van der Waals surface area (Å²) < 4.78 is 6.60. The van der Waals surface area contributed by atoms with E-state index in [9.17, 15) is 0 Å². The molecule has 1 aliphatic rings. The summed E-state index contributed by atoms with van der Waals surface area (Å²) in [5.74, 6) is 0.986. The maximum Gasteiger partial charge on any atom is 0.152 e. The molecule has 1 unspecified atom stereocenters. The quantitative estimate of drug-likeness (QED) is 0.413. The fourth-order valence-corrected chi connectivity index (χ4v) is 5.83. The van der Waals surface area contributed by atoms with E-state index in [1.807, 2.05) is 0 Å². The largest absolute Gasteiger partial charge is 0.464 e. The van der Waals surface area contributed by atoms with E-state index >= 15 is 0 Å². The van der Waals surface area contributed by atoms with Gasteiger partial charge in [-0.2, -0.15) is 0 Å². The van der Waals surface area contributed by atoms with Crippen molar-refractivity contribution in [2.75, 3.05) is 0 Å². The lowest BCUT2D eigenvalue weighted by atomic mass is 10.0. The Kier molecular flexibility index (Phi) is 3.36. The SMILES string of the molecule is Cc1ccc2ccccc2c1P1Oc2ccccc2-c2ccccc21. The van der Waals surface area contributed by atoms with Gasteiger partial charge in [0, 0.05) is 16.2 Å². The molecule has 1 nitrogen and oxygen atoms in total. The molecular weight excluding hydrogens is 323 g/mol. The summed E-state index contributed by atoms with van der Waals surface area (Å²) in [6.45, 7) is 2.19. The third-order valence-electron chi connectivity index (χ3n) is 4.80. The molecule has 120 valence electrons. The molecule has 0 aromatic heterocycles. The van der Waals surface area contributed by atoms with Gasteiger partial charge in [0.1, 0.15) is 5.75 Å². The van der Waals surface area contributed by atoms with E-state index in [2.05, 4.69) is 91.9 Å². The summed E-state index contributed by atoms with van der Waals surface area (Å²) in [6, 6.07) is 30.1. The normalized spacial score (nSPS) is 15.3. The zero-order valence-electron chi connectivity index (χ0n) is 13.9. The Hall–Kier alpha value is -2.63. The second-order valence-electron chi connectivity index (χ2n) is 6.35. The Balaban J connectivity index is 1.81. The lowest BCUT2D eigenvalue weighted by Crippen LogP contribution is -2.23. The molecule has 1 heterocycles. The topological polar surface area (TPSA) is 9.23 Å². The van der Waals surface area contributed by atoms with Gasteiger partial charge in [0.05, 0.1) is 0 Å². The minimum Gasteiger partial charge on any atom is -0.464 e. The van der Waals surface area contributed by atoms with Gasteiger partial charge in [-0.25, -0.2) is 0 Å². The van der Waals surface area contributed by atoms with Crippen LogP contribution < -0.4 is 15.1 Å². The van der Waals surface area contributed by atoms with Crippen LogP contribution in [0.4, 0.5) is 0 Å². The van der Waals surface area contributed by atoms with Crippen molar-refractivity contribution < 1.29 is 4.52 Å². The molecule has 0 fully saturated rings. The van der Waals surface area contributed by atoms with Crippen LogP contribution in [-0.2, 0) is 0 Å². The molecule has 0 spiro atoms. The number of rotatable bonds is 1. The molecule has 2 heteroatoms. The highest BCUT2D eigenvalue weighted by atomic mass is 31.1. The first kappa shape index (κ1) is 14.7. The highest BCUT2D eigenvalue weighted by Crippen LogP contribution is 2.49. The van der Waals surface area contributed by atoms with Crippen LogP contribution >= 0.6 is 8.15 Å². The van der Waals surface area contributed by atoms with Gasteiger partial charge in [-0.15, -0.1) is 0 Å². The van der Waals surface area contributed by atoms with Gasteiger partial charge >= 0.3 is 0 Å². The van der Waals surface area contributed by atoms with E-state index in [0.29, 0.717) is 0 Å². The summed E-state index contributed by atoms with van der Waals surface area (Å²) in [5, 5.41) is 5.19. The molecule has 0 N–H and O–H groups in total. The number of hydrogen-bond acceptors (Lipinski definition) is 1. The molecule has 0 saturated heterocycles. The van der Waals surface area contributed by atoms with Crippen LogP contribution in [0.25, 0.3) is 21.9 Å². The predicted molar refractivity (Wildman–Crippen MR) is 107 cm³/mol. The van der Waals surface area contributed by atoms with Crippen LogP contribution in [0, 0.1) is 6.92 Å². The Morgan fingerprint density at radius 1 is 0.680 bits per heavy atom. The van der Waals surface area contributed by atoms with Crippen molar-refractivity contribution in [3.63, 3.8) is 0 Å². The Morgan fingerprint density at radius 3 is 2.32 bits per heavy atom. The van der Waals surface area contributed by atoms with Crippen molar-refractivity contribution >= 4 is 29.5 Å². The van der Waals surface area contributed by atoms with E-state index < -0.39 is 8.15 Å². The first-order valence-corrected chi connectivity index (χ1v) is 9.74. The molecule has 4 aromatic rings. The Bertz CT molecular complexity index is 1100. The molecule has 5 rings (SSSR count). The fourth-order valence-electron chi connectivity index (χ4n) is 3.59. The van der Waals surface area contributed by atoms with Gasteiger partial charge < -0.3 is 4.52 Å². The van der Waals surface area contributed by atoms with Crippen molar-refractivity contribution in [3.8, 4) is 16.9 Å². The third kappa shape index (κ3) is 2.27. The maximum atomic E-state index is 6.60.